The minimum Gasteiger partial charge on any atom is -0.381 e. The molecule has 2 fully saturated rings. The van der Waals surface area contributed by atoms with Crippen LogP contribution in [0.25, 0.3) is 11.4 Å². The summed E-state index contributed by atoms with van der Waals surface area (Å²) in [5.41, 5.74) is 4.07. The average molecular weight is 490 g/mol. The van der Waals surface area contributed by atoms with Crippen molar-refractivity contribution in [1.82, 2.24) is 20.1 Å². The summed E-state index contributed by atoms with van der Waals surface area (Å²) in [6, 6.07) is 13.8. The number of aromatic nitrogens is 3. The molecule has 0 spiro atoms. The number of aryl methyl sites for hydroxylation is 1. The van der Waals surface area contributed by atoms with E-state index in [1.165, 1.54) is 0 Å². The van der Waals surface area contributed by atoms with Gasteiger partial charge in [-0.3, -0.25) is 4.79 Å². The van der Waals surface area contributed by atoms with Crippen molar-refractivity contribution in [2.45, 2.75) is 44.4 Å². The molecule has 0 saturated carbocycles. The first kappa shape index (κ1) is 23.5. The molecule has 1 N–H and O–H groups in total. The standard InChI is InChI=1S/C27H28ClN5O2/c1-2-17-13-24(28)23(26-30-25(31-32-26)20-9-12-35-16-20)14-22(17)27(34)33-10-7-18(8-11-33)21-6-4-3-5-19(21)15-29/h3-6,13-14,18,20H,2,7-12,16H2,1H3,(H,30,31,32). The van der Waals surface area contributed by atoms with Crippen LogP contribution >= 0.6 is 11.6 Å². The number of aromatic amines is 1. The molecule has 2 aromatic carbocycles. The number of piperidine rings is 1. The van der Waals surface area contributed by atoms with Crippen LogP contribution in [0.4, 0.5) is 0 Å². The van der Waals surface area contributed by atoms with Gasteiger partial charge in [-0.15, -0.1) is 10.2 Å². The van der Waals surface area contributed by atoms with Crippen LogP contribution in [0, 0.1) is 11.3 Å². The first-order valence-electron chi connectivity index (χ1n) is 12.2. The molecule has 35 heavy (non-hydrogen) atoms. The first-order chi connectivity index (χ1) is 17.1. The molecule has 5 rings (SSSR count). The van der Waals surface area contributed by atoms with E-state index in [0.29, 0.717) is 48.1 Å². The fourth-order valence-electron chi connectivity index (χ4n) is 5.14. The Bertz CT molecular complexity index is 1270. The molecule has 2 saturated heterocycles. The molecule has 7 nitrogen and oxygen atoms in total. The van der Waals surface area contributed by atoms with Crippen LogP contribution < -0.4 is 0 Å². The van der Waals surface area contributed by atoms with Crippen molar-refractivity contribution < 1.29 is 9.53 Å². The molecule has 2 aliphatic rings. The number of rotatable bonds is 5. The van der Waals surface area contributed by atoms with Crippen LogP contribution in [0.3, 0.4) is 0 Å². The maximum absolute atomic E-state index is 13.6. The summed E-state index contributed by atoms with van der Waals surface area (Å²) < 4.78 is 5.47. The molecule has 0 radical (unpaired) electrons. The van der Waals surface area contributed by atoms with Crippen molar-refractivity contribution in [1.29, 1.82) is 5.26 Å². The van der Waals surface area contributed by atoms with Gasteiger partial charge in [0.2, 0.25) is 0 Å². The van der Waals surface area contributed by atoms with Gasteiger partial charge >= 0.3 is 0 Å². The first-order valence-corrected chi connectivity index (χ1v) is 12.6. The number of ether oxygens (including phenoxy) is 1. The number of halogens is 1. The van der Waals surface area contributed by atoms with Crippen LogP contribution in [0.15, 0.2) is 36.4 Å². The number of nitriles is 1. The second-order valence-corrected chi connectivity index (χ2v) is 9.63. The molecule has 8 heteroatoms. The summed E-state index contributed by atoms with van der Waals surface area (Å²) in [5, 5.41) is 18.6. The lowest BCUT2D eigenvalue weighted by Crippen LogP contribution is -2.38. The third-order valence-corrected chi connectivity index (χ3v) is 7.50. The van der Waals surface area contributed by atoms with Crippen LogP contribution in [-0.4, -0.2) is 52.3 Å². The Hall–Kier alpha value is -3.21. The van der Waals surface area contributed by atoms with Gasteiger partial charge in [0.05, 0.1) is 23.3 Å². The zero-order chi connectivity index (χ0) is 24.4. The van der Waals surface area contributed by atoms with Gasteiger partial charge in [-0.2, -0.15) is 5.26 Å². The Morgan fingerprint density at radius 3 is 2.71 bits per heavy atom. The van der Waals surface area contributed by atoms with E-state index in [-0.39, 0.29) is 17.7 Å². The van der Waals surface area contributed by atoms with E-state index in [0.717, 1.165) is 48.4 Å². The number of hydrogen-bond acceptors (Lipinski definition) is 5. The molecule has 0 aliphatic carbocycles. The maximum atomic E-state index is 13.6. The molecule has 1 aromatic heterocycles. The van der Waals surface area contributed by atoms with E-state index in [1.807, 2.05) is 48.2 Å². The molecular weight excluding hydrogens is 462 g/mol. The predicted molar refractivity (Wildman–Crippen MR) is 133 cm³/mol. The number of H-pyrrole nitrogens is 1. The number of carbonyl (C=O) groups is 1. The SMILES string of the molecule is CCc1cc(Cl)c(-c2nnc(C3CCOC3)[nH]2)cc1C(=O)N1CCC(c2ccccc2C#N)CC1. The Morgan fingerprint density at radius 2 is 2.00 bits per heavy atom. The summed E-state index contributed by atoms with van der Waals surface area (Å²) in [7, 11) is 0. The van der Waals surface area contributed by atoms with Crippen molar-refractivity contribution in [3.8, 4) is 17.5 Å². The van der Waals surface area contributed by atoms with Gasteiger partial charge in [0.1, 0.15) is 5.82 Å². The number of hydrogen-bond donors (Lipinski definition) is 1. The second-order valence-electron chi connectivity index (χ2n) is 9.23. The van der Waals surface area contributed by atoms with Crippen LogP contribution in [0.5, 0.6) is 0 Å². The van der Waals surface area contributed by atoms with Gasteiger partial charge in [0, 0.05) is 36.7 Å². The molecule has 1 unspecified atom stereocenters. The van der Waals surface area contributed by atoms with E-state index in [9.17, 15) is 10.1 Å². The largest absolute Gasteiger partial charge is 0.381 e. The van der Waals surface area contributed by atoms with Crippen molar-refractivity contribution in [3.63, 3.8) is 0 Å². The van der Waals surface area contributed by atoms with E-state index >= 15 is 0 Å². The zero-order valence-electron chi connectivity index (χ0n) is 19.8. The number of likely N-dealkylation sites (tertiary alicyclic amines) is 1. The van der Waals surface area contributed by atoms with Crippen molar-refractivity contribution in [3.05, 3.63) is 69.5 Å². The monoisotopic (exact) mass is 489 g/mol. The number of nitrogens with zero attached hydrogens (tertiary/aromatic N) is 4. The highest BCUT2D eigenvalue weighted by Crippen LogP contribution is 2.34. The lowest BCUT2D eigenvalue weighted by atomic mass is 9.86. The lowest BCUT2D eigenvalue weighted by molar-refractivity contribution is 0.0712. The van der Waals surface area contributed by atoms with Crippen molar-refractivity contribution >= 4 is 17.5 Å². The lowest BCUT2D eigenvalue weighted by Gasteiger charge is -2.33. The van der Waals surface area contributed by atoms with E-state index in [2.05, 4.69) is 21.3 Å². The van der Waals surface area contributed by atoms with Crippen LogP contribution in [-0.2, 0) is 11.2 Å². The van der Waals surface area contributed by atoms with E-state index in [1.54, 1.807) is 0 Å². The number of amides is 1. The highest BCUT2D eigenvalue weighted by Gasteiger charge is 2.28. The van der Waals surface area contributed by atoms with Crippen LogP contribution in [0.1, 0.15) is 70.9 Å². The molecule has 3 aromatic rings. The summed E-state index contributed by atoms with van der Waals surface area (Å²) >= 11 is 6.63. The summed E-state index contributed by atoms with van der Waals surface area (Å²) in [5.74, 6) is 1.86. The maximum Gasteiger partial charge on any atom is 0.254 e. The summed E-state index contributed by atoms with van der Waals surface area (Å²) in [4.78, 5) is 18.8. The number of carbonyl (C=O) groups excluding carboxylic acids is 1. The Morgan fingerprint density at radius 1 is 1.20 bits per heavy atom. The minimum absolute atomic E-state index is 0.00992. The molecule has 1 atom stereocenters. The average Bonchev–Trinajstić information content (AvgIpc) is 3.61. The topological polar surface area (TPSA) is 94.9 Å². The molecule has 0 bridgehead atoms. The van der Waals surface area contributed by atoms with Gasteiger partial charge < -0.3 is 14.6 Å². The summed E-state index contributed by atoms with van der Waals surface area (Å²) in [6.07, 6.45) is 3.28. The van der Waals surface area contributed by atoms with Gasteiger partial charge in [0.25, 0.3) is 5.91 Å². The third kappa shape index (κ3) is 4.69. The molecule has 2 aliphatic heterocycles. The highest BCUT2D eigenvalue weighted by molar-refractivity contribution is 6.33. The Labute approximate surface area is 210 Å². The van der Waals surface area contributed by atoms with Gasteiger partial charge in [0.15, 0.2) is 5.82 Å². The molecular formula is C27H28ClN5O2. The number of nitrogens with one attached hydrogen (secondary N) is 1. The quantitative estimate of drug-likeness (QED) is 0.539. The van der Waals surface area contributed by atoms with E-state index < -0.39 is 0 Å². The van der Waals surface area contributed by atoms with Gasteiger partial charge in [-0.05, 0) is 60.9 Å². The second kappa shape index (κ2) is 10.2. The summed E-state index contributed by atoms with van der Waals surface area (Å²) in [6.45, 7) is 4.69. The van der Waals surface area contributed by atoms with Crippen LogP contribution in [0.2, 0.25) is 5.02 Å². The molecule has 1 amide bonds. The van der Waals surface area contributed by atoms with Crippen molar-refractivity contribution in [2.24, 2.45) is 0 Å². The van der Waals surface area contributed by atoms with E-state index in [4.69, 9.17) is 16.3 Å². The Kier molecular flexibility index (Phi) is 6.85. The minimum atomic E-state index is 0.00992. The fourth-order valence-corrected chi connectivity index (χ4v) is 5.41. The van der Waals surface area contributed by atoms with Gasteiger partial charge in [-0.1, -0.05) is 36.7 Å². The Balaban J connectivity index is 1.37. The molecule has 180 valence electrons. The normalized spacial score (nSPS) is 18.5. The highest BCUT2D eigenvalue weighted by atomic mass is 35.5. The smallest absolute Gasteiger partial charge is 0.254 e. The van der Waals surface area contributed by atoms with Crippen molar-refractivity contribution in [2.75, 3.05) is 26.3 Å². The fraction of sp³-hybridized carbons (Fsp3) is 0.407. The third-order valence-electron chi connectivity index (χ3n) is 7.18. The molecule has 3 heterocycles. The zero-order valence-corrected chi connectivity index (χ0v) is 20.5. The predicted octanol–water partition coefficient (Wildman–Crippen LogP) is 5.08. The van der Waals surface area contributed by atoms with Gasteiger partial charge in [-0.25, -0.2) is 0 Å². The number of benzene rings is 2.